The first-order chi connectivity index (χ1) is 13.3. The van der Waals surface area contributed by atoms with Crippen molar-refractivity contribution in [1.82, 2.24) is 0 Å². The van der Waals surface area contributed by atoms with Crippen molar-refractivity contribution >= 4 is 39.8 Å². The maximum absolute atomic E-state index is 12.3. The monoisotopic (exact) mass is 403 g/mol. The van der Waals surface area contributed by atoms with Crippen LogP contribution in [0.4, 0.5) is 10.7 Å². The van der Waals surface area contributed by atoms with Gasteiger partial charge in [0.2, 0.25) is 0 Å². The van der Waals surface area contributed by atoms with Crippen LogP contribution in [0, 0.1) is 17.0 Å². The van der Waals surface area contributed by atoms with Gasteiger partial charge in [0.15, 0.2) is 6.61 Å². The summed E-state index contributed by atoms with van der Waals surface area (Å²) in [5, 5.41) is 14.0. The number of primary amides is 1. The third kappa shape index (κ3) is 3.72. The minimum absolute atomic E-state index is 0.201. The average Bonchev–Trinajstić information content (AvgIpc) is 3.19. The van der Waals surface area contributed by atoms with Gasteiger partial charge in [0.05, 0.1) is 10.5 Å². The van der Waals surface area contributed by atoms with Gasteiger partial charge in [-0.05, 0) is 37.3 Å². The zero-order valence-electron chi connectivity index (χ0n) is 14.9. The molecule has 0 unspecified atom stereocenters. The number of nitrogens with one attached hydrogen (secondary N) is 1. The molecule has 0 saturated heterocycles. The Morgan fingerprint density at radius 2 is 2.04 bits per heavy atom. The van der Waals surface area contributed by atoms with Crippen LogP contribution in [-0.4, -0.2) is 29.3 Å². The van der Waals surface area contributed by atoms with Gasteiger partial charge in [-0.15, -0.1) is 11.3 Å². The van der Waals surface area contributed by atoms with Crippen molar-refractivity contribution in [2.45, 2.75) is 26.2 Å². The lowest BCUT2D eigenvalue weighted by atomic mass is 10.1. The Balaban J connectivity index is 1.70. The van der Waals surface area contributed by atoms with Crippen LogP contribution in [-0.2, 0) is 22.4 Å². The van der Waals surface area contributed by atoms with Crippen molar-refractivity contribution in [2.75, 3.05) is 11.9 Å². The molecule has 2 aromatic rings. The van der Waals surface area contributed by atoms with Crippen LogP contribution in [0.5, 0.6) is 0 Å². The lowest BCUT2D eigenvalue weighted by Crippen LogP contribution is -2.23. The smallest absolute Gasteiger partial charge is 0.345 e. The quantitative estimate of drug-likeness (QED) is 0.431. The highest BCUT2D eigenvalue weighted by Crippen LogP contribution is 2.38. The Morgan fingerprint density at radius 1 is 1.29 bits per heavy atom. The fourth-order valence-electron chi connectivity index (χ4n) is 3.19. The molecule has 0 saturated carbocycles. The molecule has 28 heavy (non-hydrogen) atoms. The molecule has 0 radical (unpaired) electrons. The third-order valence-electron chi connectivity index (χ3n) is 4.41. The number of fused-ring (bicyclic) bond motifs is 1. The summed E-state index contributed by atoms with van der Waals surface area (Å²) in [4.78, 5) is 47.6. The van der Waals surface area contributed by atoms with Crippen LogP contribution in [0.1, 0.15) is 43.1 Å². The summed E-state index contributed by atoms with van der Waals surface area (Å²) in [7, 11) is 0. The normalized spacial score (nSPS) is 12.3. The van der Waals surface area contributed by atoms with Crippen LogP contribution < -0.4 is 11.1 Å². The number of hydrogen-bond acceptors (Lipinski definition) is 7. The van der Waals surface area contributed by atoms with Crippen molar-refractivity contribution in [3.05, 3.63) is 55.4 Å². The zero-order chi connectivity index (χ0) is 20.4. The molecule has 1 aliphatic rings. The number of nitro groups is 1. The van der Waals surface area contributed by atoms with Crippen molar-refractivity contribution < 1.29 is 24.0 Å². The number of ether oxygens (including phenoxy) is 1. The number of carbonyl (C=O) groups is 3. The molecular formula is C18H17N3O6S. The van der Waals surface area contributed by atoms with Crippen molar-refractivity contribution in [3.63, 3.8) is 0 Å². The van der Waals surface area contributed by atoms with Crippen LogP contribution in [0.3, 0.4) is 0 Å². The molecule has 0 spiro atoms. The predicted octanol–water partition coefficient (Wildman–Crippen LogP) is 2.35. The number of thiophene rings is 1. The molecule has 1 heterocycles. The number of nitrogens with zero attached hydrogens (tertiary/aromatic N) is 1. The summed E-state index contributed by atoms with van der Waals surface area (Å²) in [6.45, 7) is 0.890. The summed E-state index contributed by atoms with van der Waals surface area (Å²) in [5.41, 5.74) is 6.37. The van der Waals surface area contributed by atoms with Gasteiger partial charge < -0.3 is 15.8 Å². The lowest BCUT2D eigenvalue weighted by molar-refractivity contribution is -0.385. The molecule has 1 aromatic carbocycles. The van der Waals surface area contributed by atoms with Crippen molar-refractivity contribution in [3.8, 4) is 0 Å². The van der Waals surface area contributed by atoms with Crippen LogP contribution in [0.2, 0.25) is 0 Å². The fourth-order valence-corrected chi connectivity index (χ4v) is 4.50. The van der Waals surface area contributed by atoms with E-state index in [0.29, 0.717) is 16.1 Å². The molecule has 3 rings (SSSR count). The van der Waals surface area contributed by atoms with E-state index < -0.39 is 35.0 Å². The number of amides is 2. The van der Waals surface area contributed by atoms with E-state index in [1.807, 2.05) is 0 Å². The molecule has 1 aliphatic carbocycles. The molecule has 0 fully saturated rings. The van der Waals surface area contributed by atoms with Crippen LogP contribution >= 0.6 is 11.3 Å². The minimum Gasteiger partial charge on any atom is -0.452 e. The lowest BCUT2D eigenvalue weighted by Gasteiger charge is -2.09. The third-order valence-corrected chi connectivity index (χ3v) is 5.61. The maximum atomic E-state index is 12.3. The van der Waals surface area contributed by atoms with E-state index in [9.17, 15) is 24.5 Å². The van der Waals surface area contributed by atoms with E-state index >= 15 is 0 Å². The van der Waals surface area contributed by atoms with Gasteiger partial charge in [0, 0.05) is 10.9 Å². The van der Waals surface area contributed by atoms with E-state index in [0.717, 1.165) is 29.7 Å². The minimum atomic E-state index is -0.969. The standard InChI is InChI=1S/C18H17N3O6S/c1-9-4-2-6-11(21(25)26)14(9)18(24)27-8-13(22)20-17-15(16(19)23)10-5-3-7-12(10)28-17/h2,4,6H,3,5,7-8H2,1H3,(H2,19,23)(H,20,22). The van der Waals surface area contributed by atoms with Gasteiger partial charge in [-0.2, -0.15) is 0 Å². The number of benzene rings is 1. The fraction of sp³-hybridized carbons (Fsp3) is 0.278. The SMILES string of the molecule is Cc1cccc([N+](=O)[O-])c1C(=O)OCC(=O)Nc1sc2c(c1C(N)=O)CCC2. The molecule has 0 bridgehead atoms. The second kappa shape index (κ2) is 7.77. The number of rotatable bonds is 6. The average molecular weight is 403 g/mol. The number of nitrogens with two attached hydrogens (primary N) is 1. The molecule has 10 heteroatoms. The van der Waals surface area contributed by atoms with Crippen LogP contribution in [0.25, 0.3) is 0 Å². The highest BCUT2D eigenvalue weighted by Gasteiger charge is 2.27. The van der Waals surface area contributed by atoms with Gasteiger partial charge in [-0.1, -0.05) is 12.1 Å². The number of aryl methyl sites for hydroxylation is 2. The molecule has 9 nitrogen and oxygen atoms in total. The van der Waals surface area contributed by atoms with Crippen molar-refractivity contribution in [1.29, 1.82) is 0 Å². The Labute approximate surface area is 163 Å². The van der Waals surface area contributed by atoms with Gasteiger partial charge in [0.1, 0.15) is 10.6 Å². The summed E-state index contributed by atoms with van der Waals surface area (Å²) >= 11 is 1.28. The Morgan fingerprint density at radius 3 is 2.71 bits per heavy atom. The van der Waals surface area contributed by atoms with Gasteiger partial charge >= 0.3 is 5.97 Å². The molecular weight excluding hydrogens is 386 g/mol. The van der Waals surface area contributed by atoms with E-state index in [-0.39, 0.29) is 5.56 Å². The van der Waals surface area contributed by atoms with E-state index in [4.69, 9.17) is 10.5 Å². The second-order valence-corrected chi connectivity index (χ2v) is 7.38. The number of carbonyl (C=O) groups excluding carboxylic acids is 3. The highest BCUT2D eigenvalue weighted by molar-refractivity contribution is 7.17. The van der Waals surface area contributed by atoms with Crippen LogP contribution in [0.15, 0.2) is 18.2 Å². The number of hydrogen-bond donors (Lipinski definition) is 2. The predicted molar refractivity (Wildman–Crippen MR) is 102 cm³/mol. The summed E-state index contributed by atoms with van der Waals surface area (Å²) in [6.07, 6.45) is 2.48. The molecule has 1 aromatic heterocycles. The van der Waals surface area contributed by atoms with Gasteiger partial charge in [-0.3, -0.25) is 19.7 Å². The molecule has 146 valence electrons. The first-order valence-electron chi connectivity index (χ1n) is 8.45. The Bertz CT molecular complexity index is 997. The topological polar surface area (TPSA) is 142 Å². The number of esters is 1. The highest BCUT2D eigenvalue weighted by atomic mass is 32.1. The molecule has 0 aliphatic heterocycles. The Hall–Kier alpha value is -3.27. The summed E-state index contributed by atoms with van der Waals surface area (Å²) in [5.74, 6) is -2.25. The molecule has 2 amide bonds. The molecule has 0 atom stereocenters. The number of nitro benzene ring substituents is 1. The van der Waals surface area contributed by atoms with E-state index in [1.165, 1.54) is 36.5 Å². The first-order valence-corrected chi connectivity index (χ1v) is 9.26. The zero-order valence-corrected chi connectivity index (χ0v) is 15.8. The number of anilines is 1. The first kappa shape index (κ1) is 19.5. The van der Waals surface area contributed by atoms with E-state index in [1.54, 1.807) is 0 Å². The van der Waals surface area contributed by atoms with Crippen molar-refractivity contribution in [2.24, 2.45) is 5.73 Å². The van der Waals surface area contributed by atoms with Gasteiger partial charge in [-0.25, -0.2) is 4.79 Å². The summed E-state index contributed by atoms with van der Waals surface area (Å²) < 4.78 is 4.94. The Kier molecular flexibility index (Phi) is 5.41. The molecule has 3 N–H and O–H groups in total. The second-order valence-electron chi connectivity index (χ2n) is 6.28. The van der Waals surface area contributed by atoms with Gasteiger partial charge in [0.25, 0.3) is 17.5 Å². The maximum Gasteiger partial charge on any atom is 0.345 e. The largest absolute Gasteiger partial charge is 0.452 e. The van der Waals surface area contributed by atoms with E-state index in [2.05, 4.69) is 5.32 Å². The summed E-state index contributed by atoms with van der Waals surface area (Å²) in [6, 6.07) is 4.18.